The summed E-state index contributed by atoms with van der Waals surface area (Å²) in [5, 5.41) is 4.74. The Hall–Kier alpha value is -3.28. The lowest BCUT2D eigenvalue weighted by Gasteiger charge is -2.36. The summed E-state index contributed by atoms with van der Waals surface area (Å²) in [6.07, 6.45) is 2.79. The monoisotopic (exact) mass is 432 g/mol. The molecule has 2 heterocycles. The third kappa shape index (κ3) is 5.69. The summed E-state index contributed by atoms with van der Waals surface area (Å²) in [5.74, 6) is 0. The van der Waals surface area contributed by atoms with Crippen molar-refractivity contribution in [3.63, 3.8) is 0 Å². The fourth-order valence-corrected chi connectivity index (χ4v) is 3.85. The van der Waals surface area contributed by atoms with Crippen LogP contribution in [-0.2, 0) is 17.7 Å². The van der Waals surface area contributed by atoms with Crippen molar-refractivity contribution < 1.29 is 9.53 Å². The topological polar surface area (TPSA) is 50.6 Å². The number of anilines is 1. The molecule has 168 valence electrons. The molecule has 1 fully saturated rings. The Morgan fingerprint density at radius 2 is 1.62 bits per heavy atom. The minimum absolute atomic E-state index is 0.227. The van der Waals surface area contributed by atoms with Crippen molar-refractivity contribution in [3.05, 3.63) is 72.4 Å². The van der Waals surface area contributed by atoms with Crippen LogP contribution in [0.1, 0.15) is 26.3 Å². The number of benzene rings is 2. The van der Waals surface area contributed by atoms with Crippen LogP contribution in [-0.4, -0.2) is 52.6 Å². The maximum atomic E-state index is 12.3. The van der Waals surface area contributed by atoms with Gasteiger partial charge in [0.05, 0.1) is 5.69 Å². The molecule has 0 N–H and O–H groups in total. The Balaban J connectivity index is 1.31. The van der Waals surface area contributed by atoms with Gasteiger partial charge in [-0.2, -0.15) is 5.10 Å². The van der Waals surface area contributed by atoms with E-state index in [1.54, 1.807) is 4.90 Å². The smallest absolute Gasteiger partial charge is 0.410 e. The molecule has 1 amide bonds. The van der Waals surface area contributed by atoms with Gasteiger partial charge in [-0.25, -0.2) is 4.79 Å². The predicted octanol–water partition coefficient (Wildman–Crippen LogP) is 4.85. The molecule has 0 spiro atoms. The average Bonchev–Trinajstić information content (AvgIpc) is 3.27. The molecule has 3 aromatic rings. The molecule has 0 aliphatic carbocycles. The molecule has 0 unspecified atom stereocenters. The summed E-state index contributed by atoms with van der Waals surface area (Å²) in [6.45, 7) is 9.49. The highest BCUT2D eigenvalue weighted by atomic mass is 16.6. The number of amides is 1. The highest BCUT2D eigenvalue weighted by Gasteiger charge is 2.25. The van der Waals surface area contributed by atoms with E-state index in [1.165, 1.54) is 11.3 Å². The van der Waals surface area contributed by atoms with E-state index in [-0.39, 0.29) is 6.09 Å². The summed E-state index contributed by atoms with van der Waals surface area (Å²) in [4.78, 5) is 16.4. The minimum Gasteiger partial charge on any atom is -0.444 e. The van der Waals surface area contributed by atoms with Gasteiger partial charge in [-0.05, 0) is 51.0 Å². The van der Waals surface area contributed by atoms with Gasteiger partial charge in [-0.15, -0.1) is 0 Å². The SMILES string of the molecule is CC(C)(C)OC(=O)N1CCN(c2ccc(-c3ccn(CCc4ccccc4)n3)cc2)CC1. The molecule has 0 saturated carbocycles. The third-order valence-electron chi connectivity index (χ3n) is 5.57. The van der Waals surface area contributed by atoms with Crippen molar-refractivity contribution in [1.82, 2.24) is 14.7 Å². The van der Waals surface area contributed by atoms with Gasteiger partial charge in [0.1, 0.15) is 5.60 Å². The standard InChI is InChI=1S/C26H32N4O2/c1-26(2,3)32-25(31)29-19-17-28(18-20-29)23-11-9-22(10-12-23)24-14-16-30(27-24)15-13-21-7-5-4-6-8-21/h4-12,14,16H,13,15,17-20H2,1-3H3. The van der Waals surface area contributed by atoms with E-state index in [2.05, 4.69) is 59.5 Å². The Kier molecular flexibility index (Phi) is 6.49. The van der Waals surface area contributed by atoms with Crippen LogP contribution >= 0.6 is 0 Å². The van der Waals surface area contributed by atoms with Crippen molar-refractivity contribution in [2.24, 2.45) is 0 Å². The summed E-state index contributed by atoms with van der Waals surface area (Å²) in [7, 11) is 0. The maximum absolute atomic E-state index is 12.3. The molecule has 1 aliphatic heterocycles. The average molecular weight is 433 g/mol. The van der Waals surface area contributed by atoms with Gasteiger partial charge in [-0.3, -0.25) is 4.68 Å². The molecule has 1 aliphatic rings. The number of piperazine rings is 1. The molecule has 0 radical (unpaired) electrons. The van der Waals surface area contributed by atoms with Gasteiger partial charge in [0.15, 0.2) is 0 Å². The lowest BCUT2D eigenvalue weighted by Crippen LogP contribution is -2.50. The first-order valence-electron chi connectivity index (χ1n) is 11.3. The number of ether oxygens (including phenoxy) is 1. The fourth-order valence-electron chi connectivity index (χ4n) is 3.85. The number of carbonyl (C=O) groups is 1. The zero-order valence-corrected chi connectivity index (χ0v) is 19.2. The zero-order chi connectivity index (χ0) is 22.6. The number of rotatable bonds is 5. The van der Waals surface area contributed by atoms with E-state index in [4.69, 9.17) is 9.84 Å². The van der Waals surface area contributed by atoms with E-state index < -0.39 is 5.60 Å². The summed E-state index contributed by atoms with van der Waals surface area (Å²) < 4.78 is 7.49. The van der Waals surface area contributed by atoms with Crippen LogP contribution in [0.2, 0.25) is 0 Å². The summed E-state index contributed by atoms with van der Waals surface area (Å²) >= 11 is 0. The molecule has 0 bridgehead atoms. The van der Waals surface area contributed by atoms with Crippen molar-refractivity contribution in [3.8, 4) is 11.3 Å². The Morgan fingerprint density at radius 1 is 0.938 bits per heavy atom. The normalized spacial score (nSPS) is 14.5. The first kappa shape index (κ1) is 21.9. The van der Waals surface area contributed by atoms with E-state index in [9.17, 15) is 4.79 Å². The van der Waals surface area contributed by atoms with Crippen molar-refractivity contribution >= 4 is 11.8 Å². The molecule has 32 heavy (non-hydrogen) atoms. The lowest BCUT2D eigenvalue weighted by molar-refractivity contribution is 0.0240. The highest BCUT2D eigenvalue weighted by Crippen LogP contribution is 2.23. The predicted molar refractivity (Wildman–Crippen MR) is 128 cm³/mol. The lowest BCUT2D eigenvalue weighted by atomic mass is 10.1. The van der Waals surface area contributed by atoms with Gasteiger partial charge >= 0.3 is 6.09 Å². The highest BCUT2D eigenvalue weighted by molar-refractivity contribution is 5.69. The first-order valence-corrected chi connectivity index (χ1v) is 11.3. The second-order valence-electron chi connectivity index (χ2n) is 9.20. The quantitative estimate of drug-likeness (QED) is 0.578. The van der Waals surface area contributed by atoms with Crippen LogP contribution in [0.25, 0.3) is 11.3 Å². The second kappa shape index (κ2) is 9.47. The Labute approximate surface area is 190 Å². The van der Waals surface area contributed by atoms with E-state index >= 15 is 0 Å². The third-order valence-corrected chi connectivity index (χ3v) is 5.57. The maximum Gasteiger partial charge on any atom is 0.410 e. The number of hydrogen-bond acceptors (Lipinski definition) is 4. The second-order valence-corrected chi connectivity index (χ2v) is 9.20. The van der Waals surface area contributed by atoms with Gasteiger partial charge in [-0.1, -0.05) is 42.5 Å². The van der Waals surface area contributed by atoms with E-state index in [0.29, 0.717) is 13.1 Å². The van der Waals surface area contributed by atoms with Crippen molar-refractivity contribution in [1.29, 1.82) is 0 Å². The molecule has 2 aromatic carbocycles. The Bertz CT molecular complexity index is 1010. The number of nitrogens with zero attached hydrogens (tertiary/aromatic N) is 4. The fraction of sp³-hybridized carbons (Fsp3) is 0.385. The molecule has 1 saturated heterocycles. The largest absolute Gasteiger partial charge is 0.444 e. The summed E-state index contributed by atoms with van der Waals surface area (Å²) in [5.41, 5.74) is 4.12. The van der Waals surface area contributed by atoms with Crippen molar-refractivity contribution in [2.45, 2.75) is 39.3 Å². The zero-order valence-electron chi connectivity index (χ0n) is 19.2. The van der Waals surface area contributed by atoms with Crippen LogP contribution in [0.4, 0.5) is 10.5 Å². The van der Waals surface area contributed by atoms with E-state index in [1.807, 2.05) is 37.7 Å². The number of hydrogen-bond donors (Lipinski definition) is 0. The molecule has 1 aromatic heterocycles. The Morgan fingerprint density at radius 3 is 2.28 bits per heavy atom. The van der Waals surface area contributed by atoms with Crippen LogP contribution in [0.15, 0.2) is 66.9 Å². The van der Waals surface area contributed by atoms with Crippen LogP contribution in [0, 0.1) is 0 Å². The van der Waals surface area contributed by atoms with Gasteiger partial charge in [0.25, 0.3) is 0 Å². The van der Waals surface area contributed by atoms with Gasteiger partial charge in [0.2, 0.25) is 0 Å². The molecule has 0 atom stereocenters. The number of aromatic nitrogens is 2. The van der Waals surface area contributed by atoms with Crippen LogP contribution < -0.4 is 4.90 Å². The van der Waals surface area contributed by atoms with Gasteiger partial charge in [0, 0.05) is 50.2 Å². The van der Waals surface area contributed by atoms with Crippen molar-refractivity contribution in [2.75, 3.05) is 31.1 Å². The molecular formula is C26H32N4O2. The minimum atomic E-state index is -0.460. The van der Waals surface area contributed by atoms with Gasteiger partial charge < -0.3 is 14.5 Å². The molecular weight excluding hydrogens is 400 g/mol. The number of carbonyl (C=O) groups excluding carboxylic acids is 1. The molecule has 4 rings (SSSR count). The van der Waals surface area contributed by atoms with E-state index in [0.717, 1.165) is 37.3 Å². The molecule has 6 nitrogen and oxygen atoms in total. The molecule has 6 heteroatoms. The van der Waals surface area contributed by atoms with Crippen LogP contribution in [0.3, 0.4) is 0 Å². The first-order chi connectivity index (χ1) is 15.4. The number of aryl methyl sites for hydroxylation is 2. The van der Waals surface area contributed by atoms with Crippen LogP contribution in [0.5, 0.6) is 0 Å². The summed E-state index contributed by atoms with van der Waals surface area (Å²) in [6, 6.07) is 21.1.